The molecule has 0 saturated carbocycles. The van der Waals surface area contributed by atoms with Crippen molar-refractivity contribution in [1.82, 2.24) is 19.9 Å². The molecule has 7 heteroatoms. The van der Waals surface area contributed by atoms with Gasteiger partial charge in [0.1, 0.15) is 6.33 Å². The second kappa shape index (κ2) is 6.91. The number of aromatic nitrogens is 3. The molecule has 0 aliphatic carbocycles. The predicted octanol–water partition coefficient (Wildman–Crippen LogP) is 2.07. The number of carbonyl (C=O) groups excluding carboxylic acids is 1. The largest absolute Gasteiger partial charge is 0.481 e. The van der Waals surface area contributed by atoms with Crippen LogP contribution in [0.3, 0.4) is 0 Å². The van der Waals surface area contributed by atoms with Crippen LogP contribution in [0.2, 0.25) is 0 Å². The fourth-order valence-electron chi connectivity index (χ4n) is 2.48. The smallest absolute Gasteiger partial charge is 0.303 e. The molecule has 2 aromatic heterocycles. The maximum absolute atomic E-state index is 12.5. The van der Waals surface area contributed by atoms with E-state index in [1.54, 1.807) is 22.7 Å². The third kappa shape index (κ3) is 3.57. The number of carboxylic acid groups (broad SMARTS) is 1. The van der Waals surface area contributed by atoms with E-state index in [2.05, 4.69) is 15.5 Å². The zero-order valence-electron chi connectivity index (χ0n) is 12.8. The number of fused-ring (bicyclic) bond motifs is 1. The highest BCUT2D eigenvalue weighted by atomic mass is 16.4. The minimum absolute atomic E-state index is 0.0235. The zero-order valence-corrected chi connectivity index (χ0v) is 12.8. The van der Waals surface area contributed by atoms with Crippen LogP contribution < -0.4 is 5.32 Å². The molecular weight excluding hydrogens is 308 g/mol. The lowest BCUT2D eigenvalue weighted by Gasteiger charge is -2.18. The molecule has 0 bridgehead atoms. The molecule has 0 spiro atoms. The van der Waals surface area contributed by atoms with Crippen molar-refractivity contribution >= 4 is 17.5 Å². The highest BCUT2D eigenvalue weighted by molar-refractivity contribution is 5.94. The average Bonchev–Trinajstić information content (AvgIpc) is 3.06. The van der Waals surface area contributed by atoms with Crippen LogP contribution in [0, 0.1) is 0 Å². The van der Waals surface area contributed by atoms with E-state index in [9.17, 15) is 9.59 Å². The van der Waals surface area contributed by atoms with Gasteiger partial charge in [0.25, 0.3) is 5.91 Å². The van der Waals surface area contributed by atoms with Gasteiger partial charge in [-0.2, -0.15) is 0 Å². The van der Waals surface area contributed by atoms with Gasteiger partial charge in [0, 0.05) is 12.6 Å². The molecule has 0 aliphatic heterocycles. The summed E-state index contributed by atoms with van der Waals surface area (Å²) in [6.45, 7) is 0. The van der Waals surface area contributed by atoms with Gasteiger partial charge in [0.15, 0.2) is 5.65 Å². The Kier molecular flexibility index (Phi) is 4.51. The van der Waals surface area contributed by atoms with Crippen LogP contribution in [0.4, 0.5) is 0 Å². The molecule has 1 amide bonds. The summed E-state index contributed by atoms with van der Waals surface area (Å²) in [5, 5.41) is 19.5. The quantitative estimate of drug-likeness (QED) is 0.723. The number of rotatable bonds is 6. The normalized spacial score (nSPS) is 12.0. The molecule has 1 aromatic carbocycles. The Morgan fingerprint density at radius 2 is 1.96 bits per heavy atom. The van der Waals surface area contributed by atoms with E-state index in [0.29, 0.717) is 17.6 Å². The maximum Gasteiger partial charge on any atom is 0.303 e. The summed E-state index contributed by atoms with van der Waals surface area (Å²) >= 11 is 0. The lowest BCUT2D eigenvalue weighted by Crippen LogP contribution is -2.29. The third-order valence-corrected chi connectivity index (χ3v) is 3.71. The van der Waals surface area contributed by atoms with Crippen LogP contribution in [0.25, 0.3) is 5.65 Å². The lowest BCUT2D eigenvalue weighted by atomic mass is 10.0. The number of nitrogens with one attached hydrogen (secondary N) is 1. The minimum Gasteiger partial charge on any atom is -0.481 e. The van der Waals surface area contributed by atoms with Gasteiger partial charge in [-0.05, 0) is 24.1 Å². The molecule has 2 N–H and O–H groups in total. The first kappa shape index (κ1) is 15.7. The maximum atomic E-state index is 12.5. The molecule has 3 rings (SSSR count). The van der Waals surface area contributed by atoms with Gasteiger partial charge >= 0.3 is 5.97 Å². The van der Waals surface area contributed by atoms with E-state index < -0.39 is 5.97 Å². The zero-order chi connectivity index (χ0) is 16.9. The number of amides is 1. The van der Waals surface area contributed by atoms with Crippen LogP contribution >= 0.6 is 0 Å². The highest BCUT2D eigenvalue weighted by Crippen LogP contribution is 2.19. The monoisotopic (exact) mass is 324 g/mol. The first-order chi connectivity index (χ1) is 11.6. The van der Waals surface area contributed by atoms with Crippen molar-refractivity contribution in [3.63, 3.8) is 0 Å². The Morgan fingerprint density at radius 3 is 2.71 bits per heavy atom. The summed E-state index contributed by atoms with van der Waals surface area (Å²) in [6, 6.07) is 12.3. The Morgan fingerprint density at radius 1 is 1.17 bits per heavy atom. The molecule has 122 valence electrons. The fraction of sp³-hybridized carbons (Fsp3) is 0.176. The molecule has 24 heavy (non-hydrogen) atoms. The van der Waals surface area contributed by atoms with E-state index in [-0.39, 0.29) is 18.4 Å². The summed E-state index contributed by atoms with van der Waals surface area (Å²) in [4.78, 5) is 23.4. The molecule has 0 unspecified atom stereocenters. The van der Waals surface area contributed by atoms with Gasteiger partial charge in [-0.1, -0.05) is 30.3 Å². The summed E-state index contributed by atoms with van der Waals surface area (Å²) in [5.41, 5.74) is 1.98. The topological polar surface area (TPSA) is 96.6 Å². The summed E-state index contributed by atoms with van der Waals surface area (Å²) < 4.78 is 1.66. The van der Waals surface area contributed by atoms with Crippen molar-refractivity contribution in [2.24, 2.45) is 0 Å². The van der Waals surface area contributed by atoms with Crippen LogP contribution in [0.1, 0.15) is 34.8 Å². The van der Waals surface area contributed by atoms with Crippen LogP contribution in [0.5, 0.6) is 0 Å². The van der Waals surface area contributed by atoms with Crippen molar-refractivity contribution in [3.8, 4) is 0 Å². The SMILES string of the molecule is O=C(O)CC[C@H](NC(=O)c1ccc2nncn2c1)c1ccccc1. The number of nitrogens with zero attached hydrogens (tertiary/aromatic N) is 3. The van der Waals surface area contributed by atoms with Crippen molar-refractivity contribution in [2.75, 3.05) is 0 Å². The lowest BCUT2D eigenvalue weighted by molar-refractivity contribution is -0.137. The van der Waals surface area contributed by atoms with E-state index >= 15 is 0 Å². The Bertz CT molecular complexity index is 860. The number of carboxylic acids is 1. The third-order valence-electron chi connectivity index (χ3n) is 3.71. The van der Waals surface area contributed by atoms with Gasteiger partial charge in [-0.3, -0.25) is 14.0 Å². The highest BCUT2D eigenvalue weighted by Gasteiger charge is 2.17. The number of hydrogen-bond acceptors (Lipinski definition) is 4. The summed E-state index contributed by atoms with van der Waals surface area (Å²) in [6.07, 6.45) is 3.46. The van der Waals surface area contributed by atoms with Gasteiger partial charge in [0.2, 0.25) is 0 Å². The molecule has 2 heterocycles. The van der Waals surface area contributed by atoms with Gasteiger partial charge in [0.05, 0.1) is 11.6 Å². The fourth-order valence-corrected chi connectivity index (χ4v) is 2.48. The molecule has 3 aromatic rings. The molecule has 7 nitrogen and oxygen atoms in total. The second-order valence-electron chi connectivity index (χ2n) is 5.38. The van der Waals surface area contributed by atoms with Crippen molar-refractivity contribution in [2.45, 2.75) is 18.9 Å². The van der Waals surface area contributed by atoms with E-state index in [1.807, 2.05) is 30.3 Å². The first-order valence-electron chi connectivity index (χ1n) is 7.50. The van der Waals surface area contributed by atoms with Gasteiger partial charge < -0.3 is 10.4 Å². The van der Waals surface area contributed by atoms with Crippen LogP contribution in [-0.4, -0.2) is 31.6 Å². The Labute approximate surface area is 138 Å². The summed E-state index contributed by atoms with van der Waals surface area (Å²) in [5.74, 6) is -1.17. The number of aliphatic carboxylic acids is 1. The first-order valence-corrected chi connectivity index (χ1v) is 7.50. The Balaban J connectivity index is 1.80. The van der Waals surface area contributed by atoms with Gasteiger partial charge in [-0.15, -0.1) is 10.2 Å². The average molecular weight is 324 g/mol. The number of benzene rings is 1. The number of carbonyl (C=O) groups is 2. The number of pyridine rings is 1. The van der Waals surface area contributed by atoms with Crippen molar-refractivity contribution in [1.29, 1.82) is 0 Å². The van der Waals surface area contributed by atoms with E-state index in [1.165, 1.54) is 6.33 Å². The van der Waals surface area contributed by atoms with Gasteiger partial charge in [-0.25, -0.2) is 0 Å². The van der Waals surface area contributed by atoms with Crippen molar-refractivity contribution < 1.29 is 14.7 Å². The van der Waals surface area contributed by atoms with Crippen molar-refractivity contribution in [3.05, 3.63) is 66.1 Å². The standard InChI is InChI=1S/C17H16N4O3/c22-16(23)9-7-14(12-4-2-1-3-5-12)19-17(24)13-6-8-15-20-18-11-21(15)10-13/h1-6,8,10-11,14H,7,9H2,(H,19,24)(H,22,23)/t14-/m0/s1. The molecule has 0 saturated heterocycles. The van der Waals surface area contributed by atoms with E-state index in [4.69, 9.17) is 5.11 Å². The van der Waals surface area contributed by atoms with Crippen LogP contribution in [0.15, 0.2) is 55.0 Å². The molecular formula is C17H16N4O3. The Hall–Kier alpha value is -3.22. The molecule has 0 fully saturated rings. The molecule has 0 aliphatic rings. The number of hydrogen-bond donors (Lipinski definition) is 2. The van der Waals surface area contributed by atoms with E-state index in [0.717, 1.165) is 5.56 Å². The minimum atomic E-state index is -0.893. The molecule has 1 atom stereocenters. The second-order valence-corrected chi connectivity index (χ2v) is 5.38. The predicted molar refractivity (Wildman–Crippen MR) is 86.5 cm³/mol. The van der Waals surface area contributed by atoms with Crippen LogP contribution in [-0.2, 0) is 4.79 Å². The summed E-state index contributed by atoms with van der Waals surface area (Å²) in [7, 11) is 0. The molecule has 0 radical (unpaired) electrons.